The Morgan fingerprint density at radius 2 is 1.45 bits per heavy atom. The Balaban J connectivity index is 1.99. The quantitative estimate of drug-likeness (QED) is 0.201. The average Bonchev–Trinajstić information content (AvgIpc) is 2.84. The fraction of sp³-hybridized carbons (Fsp3) is 0.320. The number of halogens is 1. The van der Waals surface area contributed by atoms with E-state index in [-0.39, 0.29) is 16.7 Å². The van der Waals surface area contributed by atoms with Crippen molar-refractivity contribution in [2.45, 2.75) is 32.9 Å². The van der Waals surface area contributed by atoms with Crippen molar-refractivity contribution in [3.8, 4) is 17.5 Å². The van der Waals surface area contributed by atoms with Gasteiger partial charge in [-0.25, -0.2) is 0 Å². The molecule has 3 aromatic rings. The zero-order chi connectivity index (χ0) is 23.6. The van der Waals surface area contributed by atoms with E-state index in [2.05, 4.69) is 16.9 Å². The van der Waals surface area contributed by atoms with Crippen molar-refractivity contribution >= 4 is 23.7 Å². The zero-order valence-corrected chi connectivity index (χ0v) is 19.8. The van der Waals surface area contributed by atoms with Crippen molar-refractivity contribution in [3.05, 3.63) is 70.4 Å². The van der Waals surface area contributed by atoms with Crippen LogP contribution in [0, 0.1) is 0 Å². The summed E-state index contributed by atoms with van der Waals surface area (Å²) in [5.74, 6) is 1.96. The highest BCUT2D eigenvalue weighted by atomic mass is 35.5. The predicted octanol–water partition coefficient (Wildman–Crippen LogP) is 5.35. The third-order valence-corrected chi connectivity index (χ3v) is 5.36. The van der Waals surface area contributed by atoms with Crippen LogP contribution in [0.2, 0.25) is 5.15 Å². The summed E-state index contributed by atoms with van der Waals surface area (Å²) in [6.07, 6.45) is 2.53. The lowest BCUT2D eigenvalue weighted by molar-refractivity contribution is 0.112. The zero-order valence-electron chi connectivity index (χ0n) is 19.1. The summed E-state index contributed by atoms with van der Waals surface area (Å²) in [5, 5.41) is 0.0657. The maximum absolute atomic E-state index is 11.9. The van der Waals surface area contributed by atoms with Gasteiger partial charge in [-0.2, -0.15) is 9.97 Å². The molecule has 0 fully saturated rings. The van der Waals surface area contributed by atoms with Gasteiger partial charge >= 0.3 is 6.01 Å². The molecule has 1 aromatic heterocycles. The molecule has 1 heterocycles. The van der Waals surface area contributed by atoms with Crippen molar-refractivity contribution in [2.75, 3.05) is 25.7 Å². The van der Waals surface area contributed by atoms with Crippen molar-refractivity contribution in [1.82, 2.24) is 9.97 Å². The highest BCUT2D eigenvalue weighted by Crippen LogP contribution is 2.29. The van der Waals surface area contributed by atoms with Crippen LogP contribution in [-0.4, -0.2) is 37.1 Å². The molecule has 7 nitrogen and oxygen atoms in total. The summed E-state index contributed by atoms with van der Waals surface area (Å²) >= 11 is 6.35. The number of methoxy groups -OCH3 is 2. The molecule has 2 aromatic carbocycles. The molecule has 0 aliphatic heterocycles. The van der Waals surface area contributed by atoms with Crippen LogP contribution in [0.5, 0.6) is 17.5 Å². The lowest BCUT2D eigenvalue weighted by Crippen LogP contribution is -2.25. The van der Waals surface area contributed by atoms with Crippen LogP contribution in [0.1, 0.15) is 41.3 Å². The number of aromatic nitrogens is 2. The van der Waals surface area contributed by atoms with Gasteiger partial charge in [0.1, 0.15) is 22.5 Å². The van der Waals surface area contributed by atoms with Gasteiger partial charge in [0.25, 0.3) is 0 Å². The molecule has 0 saturated heterocycles. The van der Waals surface area contributed by atoms with Crippen LogP contribution in [0.15, 0.2) is 48.5 Å². The van der Waals surface area contributed by atoms with Crippen LogP contribution in [0.3, 0.4) is 0 Å². The van der Waals surface area contributed by atoms with Crippen molar-refractivity contribution in [2.24, 2.45) is 0 Å². The van der Waals surface area contributed by atoms with Crippen LogP contribution in [-0.2, 0) is 13.1 Å². The Bertz CT molecular complexity index is 993. The average molecular weight is 470 g/mol. The van der Waals surface area contributed by atoms with Crippen LogP contribution >= 0.6 is 11.6 Å². The molecule has 33 heavy (non-hydrogen) atoms. The van der Waals surface area contributed by atoms with Gasteiger partial charge in [0, 0.05) is 13.1 Å². The lowest BCUT2D eigenvalue weighted by atomic mass is 10.1. The molecular weight excluding hydrogens is 442 g/mol. The third-order valence-electron chi connectivity index (χ3n) is 5.07. The van der Waals surface area contributed by atoms with Gasteiger partial charge in [0.15, 0.2) is 6.29 Å². The normalized spacial score (nSPS) is 10.5. The van der Waals surface area contributed by atoms with Crippen LogP contribution in [0.25, 0.3) is 0 Å². The van der Waals surface area contributed by atoms with E-state index in [9.17, 15) is 4.79 Å². The summed E-state index contributed by atoms with van der Waals surface area (Å²) < 4.78 is 16.2. The maximum Gasteiger partial charge on any atom is 0.319 e. The summed E-state index contributed by atoms with van der Waals surface area (Å²) in [7, 11) is 3.26. The van der Waals surface area contributed by atoms with E-state index in [4.69, 9.17) is 25.8 Å². The molecule has 0 aliphatic rings. The Hall–Kier alpha value is -3.32. The van der Waals surface area contributed by atoms with E-state index in [1.807, 2.05) is 53.4 Å². The number of unbranched alkanes of at least 4 members (excludes halogenated alkanes) is 1. The Kier molecular flexibility index (Phi) is 8.89. The predicted molar refractivity (Wildman–Crippen MR) is 129 cm³/mol. The van der Waals surface area contributed by atoms with Gasteiger partial charge in [0.05, 0.1) is 26.4 Å². The minimum absolute atomic E-state index is 0.0657. The number of hydrogen-bond acceptors (Lipinski definition) is 7. The van der Waals surface area contributed by atoms with E-state index in [0.29, 0.717) is 31.8 Å². The van der Waals surface area contributed by atoms with Gasteiger partial charge in [-0.3, -0.25) is 4.79 Å². The third kappa shape index (κ3) is 6.58. The number of hydrogen-bond donors (Lipinski definition) is 0. The largest absolute Gasteiger partial charge is 0.497 e. The number of carbonyl (C=O) groups is 1. The fourth-order valence-electron chi connectivity index (χ4n) is 3.24. The van der Waals surface area contributed by atoms with Crippen LogP contribution < -0.4 is 19.1 Å². The molecule has 8 heteroatoms. The number of aldehydes is 1. The topological polar surface area (TPSA) is 73.8 Å². The van der Waals surface area contributed by atoms with Gasteiger partial charge in [-0.1, -0.05) is 49.2 Å². The summed E-state index contributed by atoms with van der Waals surface area (Å²) in [4.78, 5) is 22.6. The first kappa shape index (κ1) is 24.3. The second-order valence-corrected chi connectivity index (χ2v) is 7.76. The number of anilines is 1. The first-order chi connectivity index (χ1) is 16.1. The van der Waals surface area contributed by atoms with Crippen LogP contribution in [0.4, 0.5) is 5.82 Å². The first-order valence-electron chi connectivity index (χ1n) is 10.7. The second kappa shape index (κ2) is 12.1. The molecule has 3 rings (SSSR count). The van der Waals surface area contributed by atoms with E-state index in [1.54, 1.807) is 14.2 Å². The number of carbonyl (C=O) groups excluding carboxylic acids is 1. The SMILES string of the molecule is CCCCOc1nc(Cl)c(C=O)c(N(Cc2ccc(OC)cc2)Cc2ccc(OC)cc2)n1. The lowest BCUT2D eigenvalue weighted by Gasteiger charge is -2.26. The minimum atomic E-state index is 0.0657. The molecule has 174 valence electrons. The first-order valence-corrected chi connectivity index (χ1v) is 11.1. The van der Waals surface area contributed by atoms with Gasteiger partial charge in [0.2, 0.25) is 0 Å². The van der Waals surface area contributed by atoms with E-state index < -0.39 is 0 Å². The summed E-state index contributed by atoms with van der Waals surface area (Å²) in [6.45, 7) is 3.52. The van der Waals surface area contributed by atoms with Gasteiger partial charge < -0.3 is 19.1 Å². The van der Waals surface area contributed by atoms with Gasteiger partial charge in [-0.15, -0.1) is 0 Å². The fourth-order valence-corrected chi connectivity index (χ4v) is 3.44. The molecule has 0 atom stereocenters. The van der Waals surface area contributed by atoms with Gasteiger partial charge in [-0.05, 0) is 41.8 Å². The molecule has 0 N–H and O–H groups in total. The van der Waals surface area contributed by atoms with E-state index >= 15 is 0 Å². The molecule has 0 radical (unpaired) electrons. The van der Waals surface area contributed by atoms with E-state index in [0.717, 1.165) is 35.5 Å². The number of benzene rings is 2. The van der Waals surface area contributed by atoms with Crippen molar-refractivity contribution in [1.29, 1.82) is 0 Å². The molecule has 0 amide bonds. The highest BCUT2D eigenvalue weighted by molar-refractivity contribution is 6.32. The van der Waals surface area contributed by atoms with E-state index in [1.165, 1.54) is 0 Å². The summed E-state index contributed by atoms with van der Waals surface area (Å²) in [6, 6.07) is 15.6. The molecule has 0 unspecified atom stereocenters. The number of rotatable bonds is 12. The Labute approximate surface area is 199 Å². The second-order valence-electron chi connectivity index (χ2n) is 7.41. The van der Waals surface area contributed by atoms with Crippen molar-refractivity contribution < 1.29 is 19.0 Å². The number of ether oxygens (including phenoxy) is 3. The Morgan fingerprint density at radius 1 is 0.909 bits per heavy atom. The Morgan fingerprint density at radius 3 is 1.91 bits per heavy atom. The standard InChI is InChI=1S/C25H28ClN3O4/c1-4-5-14-33-25-27-23(26)22(17-30)24(28-25)29(15-18-6-10-20(31-2)11-7-18)16-19-8-12-21(32-3)13-9-19/h6-13,17H,4-5,14-16H2,1-3H3. The maximum atomic E-state index is 11.9. The van der Waals surface area contributed by atoms with Crippen molar-refractivity contribution in [3.63, 3.8) is 0 Å². The molecular formula is C25H28ClN3O4. The highest BCUT2D eigenvalue weighted by Gasteiger charge is 2.20. The molecule has 0 aliphatic carbocycles. The smallest absolute Gasteiger partial charge is 0.319 e. The molecule has 0 saturated carbocycles. The minimum Gasteiger partial charge on any atom is -0.497 e. The molecule has 0 bridgehead atoms. The monoisotopic (exact) mass is 469 g/mol. The molecule has 0 spiro atoms. The number of nitrogens with zero attached hydrogens (tertiary/aromatic N) is 3. The summed E-state index contributed by atoms with van der Waals surface area (Å²) in [5.41, 5.74) is 2.26.